The standard InChI is InChI=1S/C13H17NO2/c1-9-2-5-12(8-9)14-11-6-3-10(4-7-11)13(15)16/h3-4,6-7,9,12,14H,2,5,8H2,1H3,(H,15,16). The summed E-state index contributed by atoms with van der Waals surface area (Å²) in [6.45, 7) is 2.27. The minimum Gasteiger partial charge on any atom is -0.478 e. The van der Waals surface area contributed by atoms with Crippen molar-refractivity contribution in [2.75, 3.05) is 5.32 Å². The molecule has 3 heteroatoms. The number of carboxylic acid groups (broad SMARTS) is 1. The molecule has 0 aliphatic heterocycles. The van der Waals surface area contributed by atoms with E-state index in [0.29, 0.717) is 11.6 Å². The van der Waals surface area contributed by atoms with Crippen molar-refractivity contribution in [2.45, 2.75) is 32.2 Å². The van der Waals surface area contributed by atoms with E-state index in [2.05, 4.69) is 12.2 Å². The Morgan fingerprint density at radius 2 is 2.00 bits per heavy atom. The summed E-state index contributed by atoms with van der Waals surface area (Å²) in [6.07, 6.45) is 3.70. The van der Waals surface area contributed by atoms with Gasteiger partial charge in [0.1, 0.15) is 0 Å². The van der Waals surface area contributed by atoms with E-state index in [9.17, 15) is 4.79 Å². The van der Waals surface area contributed by atoms with E-state index in [0.717, 1.165) is 11.6 Å². The number of benzene rings is 1. The molecule has 1 aromatic carbocycles. The Hall–Kier alpha value is -1.51. The molecule has 2 unspecified atom stereocenters. The van der Waals surface area contributed by atoms with E-state index >= 15 is 0 Å². The Labute approximate surface area is 95.5 Å². The molecule has 0 spiro atoms. The van der Waals surface area contributed by atoms with Crippen LogP contribution in [0.5, 0.6) is 0 Å². The van der Waals surface area contributed by atoms with Crippen molar-refractivity contribution in [1.29, 1.82) is 0 Å². The van der Waals surface area contributed by atoms with Gasteiger partial charge in [0, 0.05) is 11.7 Å². The highest BCUT2D eigenvalue weighted by molar-refractivity contribution is 5.87. The minimum atomic E-state index is -0.874. The van der Waals surface area contributed by atoms with E-state index in [1.165, 1.54) is 19.3 Å². The molecule has 3 nitrogen and oxygen atoms in total. The van der Waals surface area contributed by atoms with Crippen LogP contribution in [0.25, 0.3) is 0 Å². The van der Waals surface area contributed by atoms with Crippen molar-refractivity contribution in [2.24, 2.45) is 5.92 Å². The van der Waals surface area contributed by atoms with Gasteiger partial charge in [-0.2, -0.15) is 0 Å². The summed E-state index contributed by atoms with van der Waals surface area (Å²) in [4.78, 5) is 10.7. The number of anilines is 1. The average Bonchev–Trinajstić information content (AvgIpc) is 2.65. The second kappa shape index (κ2) is 4.56. The number of hydrogen-bond donors (Lipinski definition) is 2. The third-order valence-corrected chi connectivity index (χ3v) is 3.20. The molecule has 0 aromatic heterocycles. The van der Waals surface area contributed by atoms with Crippen LogP contribution < -0.4 is 5.32 Å². The molecule has 1 fully saturated rings. The van der Waals surface area contributed by atoms with E-state index < -0.39 is 5.97 Å². The van der Waals surface area contributed by atoms with Gasteiger partial charge in [0.2, 0.25) is 0 Å². The van der Waals surface area contributed by atoms with E-state index in [1.807, 2.05) is 12.1 Å². The van der Waals surface area contributed by atoms with Crippen LogP contribution in [0.1, 0.15) is 36.5 Å². The highest BCUT2D eigenvalue weighted by atomic mass is 16.4. The Kier molecular flexibility index (Phi) is 3.13. The molecular formula is C13H17NO2. The van der Waals surface area contributed by atoms with Crippen LogP contribution in [0, 0.1) is 5.92 Å². The molecule has 0 radical (unpaired) electrons. The van der Waals surface area contributed by atoms with Crippen molar-refractivity contribution >= 4 is 11.7 Å². The van der Waals surface area contributed by atoms with Crippen LogP contribution in [-0.4, -0.2) is 17.1 Å². The van der Waals surface area contributed by atoms with Crippen LogP contribution in [0.4, 0.5) is 5.69 Å². The van der Waals surface area contributed by atoms with Gasteiger partial charge >= 0.3 is 5.97 Å². The van der Waals surface area contributed by atoms with Gasteiger partial charge in [0.15, 0.2) is 0 Å². The fourth-order valence-corrected chi connectivity index (χ4v) is 2.28. The largest absolute Gasteiger partial charge is 0.478 e. The van der Waals surface area contributed by atoms with Gasteiger partial charge in [-0.1, -0.05) is 6.92 Å². The maximum absolute atomic E-state index is 10.7. The predicted octanol–water partition coefficient (Wildman–Crippen LogP) is 2.99. The molecule has 1 aromatic rings. The fraction of sp³-hybridized carbons (Fsp3) is 0.462. The summed E-state index contributed by atoms with van der Waals surface area (Å²) in [6, 6.07) is 7.51. The van der Waals surface area contributed by atoms with Crippen LogP contribution >= 0.6 is 0 Å². The Bertz CT molecular complexity index is 372. The molecule has 2 atom stereocenters. The first-order valence-corrected chi connectivity index (χ1v) is 5.75. The van der Waals surface area contributed by atoms with Crippen molar-refractivity contribution in [3.63, 3.8) is 0 Å². The first-order valence-electron chi connectivity index (χ1n) is 5.75. The van der Waals surface area contributed by atoms with Crippen molar-refractivity contribution < 1.29 is 9.90 Å². The first kappa shape index (κ1) is 11.0. The topological polar surface area (TPSA) is 49.3 Å². The molecule has 1 saturated carbocycles. The van der Waals surface area contributed by atoms with E-state index in [-0.39, 0.29) is 0 Å². The lowest BCUT2D eigenvalue weighted by atomic mass is 10.1. The Morgan fingerprint density at radius 3 is 2.50 bits per heavy atom. The van der Waals surface area contributed by atoms with E-state index in [1.54, 1.807) is 12.1 Å². The Balaban J connectivity index is 1.97. The van der Waals surface area contributed by atoms with Gasteiger partial charge in [-0.15, -0.1) is 0 Å². The molecule has 0 amide bonds. The zero-order valence-electron chi connectivity index (χ0n) is 9.44. The SMILES string of the molecule is CC1CCC(Nc2ccc(C(=O)O)cc2)C1. The number of carboxylic acids is 1. The van der Waals surface area contributed by atoms with Crippen LogP contribution in [0.3, 0.4) is 0 Å². The summed E-state index contributed by atoms with van der Waals surface area (Å²) < 4.78 is 0. The van der Waals surface area contributed by atoms with Gasteiger partial charge in [-0.05, 0) is 49.4 Å². The van der Waals surface area contributed by atoms with Crippen molar-refractivity contribution in [1.82, 2.24) is 0 Å². The monoisotopic (exact) mass is 219 g/mol. The van der Waals surface area contributed by atoms with Gasteiger partial charge in [-0.25, -0.2) is 4.79 Å². The second-order valence-electron chi connectivity index (χ2n) is 4.64. The second-order valence-corrected chi connectivity index (χ2v) is 4.64. The number of rotatable bonds is 3. The summed E-state index contributed by atoms with van der Waals surface area (Å²) in [5, 5.41) is 12.2. The molecule has 0 bridgehead atoms. The zero-order valence-corrected chi connectivity index (χ0v) is 9.44. The summed E-state index contributed by atoms with van der Waals surface area (Å²) >= 11 is 0. The van der Waals surface area contributed by atoms with Crippen molar-refractivity contribution in [3.05, 3.63) is 29.8 Å². The summed E-state index contributed by atoms with van der Waals surface area (Å²) in [5.41, 5.74) is 1.36. The molecule has 16 heavy (non-hydrogen) atoms. The molecule has 0 saturated heterocycles. The van der Waals surface area contributed by atoms with E-state index in [4.69, 9.17) is 5.11 Å². The first-order chi connectivity index (χ1) is 7.65. The van der Waals surface area contributed by atoms with Gasteiger partial charge in [0.05, 0.1) is 5.56 Å². The van der Waals surface area contributed by atoms with Gasteiger partial charge < -0.3 is 10.4 Å². The lowest BCUT2D eigenvalue weighted by Crippen LogP contribution is -2.15. The quantitative estimate of drug-likeness (QED) is 0.821. The Morgan fingerprint density at radius 1 is 1.31 bits per heavy atom. The fourth-order valence-electron chi connectivity index (χ4n) is 2.28. The summed E-state index contributed by atoms with van der Waals surface area (Å²) in [7, 11) is 0. The van der Waals surface area contributed by atoms with Crippen LogP contribution in [0.2, 0.25) is 0 Å². The van der Waals surface area contributed by atoms with Gasteiger partial charge in [0.25, 0.3) is 0 Å². The molecule has 2 rings (SSSR count). The lowest BCUT2D eigenvalue weighted by molar-refractivity contribution is 0.0697. The molecule has 86 valence electrons. The molecule has 1 aliphatic carbocycles. The maximum Gasteiger partial charge on any atom is 0.335 e. The van der Waals surface area contributed by atoms with Crippen molar-refractivity contribution in [3.8, 4) is 0 Å². The zero-order chi connectivity index (χ0) is 11.5. The smallest absolute Gasteiger partial charge is 0.335 e. The predicted molar refractivity (Wildman–Crippen MR) is 63.8 cm³/mol. The molecule has 0 heterocycles. The third-order valence-electron chi connectivity index (χ3n) is 3.20. The number of carbonyl (C=O) groups is 1. The molecule has 1 aliphatic rings. The highest BCUT2D eigenvalue weighted by Gasteiger charge is 2.20. The normalized spacial score (nSPS) is 24.3. The third kappa shape index (κ3) is 2.54. The maximum atomic E-state index is 10.7. The number of aromatic carboxylic acids is 1. The van der Waals surface area contributed by atoms with Gasteiger partial charge in [-0.3, -0.25) is 0 Å². The highest BCUT2D eigenvalue weighted by Crippen LogP contribution is 2.27. The van der Waals surface area contributed by atoms with Crippen LogP contribution in [0.15, 0.2) is 24.3 Å². The summed E-state index contributed by atoms with van der Waals surface area (Å²) in [5.74, 6) is -0.0724. The average molecular weight is 219 g/mol. The number of hydrogen-bond acceptors (Lipinski definition) is 2. The number of nitrogens with one attached hydrogen (secondary N) is 1. The molecular weight excluding hydrogens is 202 g/mol. The lowest BCUT2D eigenvalue weighted by Gasteiger charge is -2.13. The van der Waals surface area contributed by atoms with Crippen LogP contribution in [-0.2, 0) is 0 Å². The minimum absolute atomic E-state index is 0.338. The molecule has 2 N–H and O–H groups in total.